The Labute approximate surface area is 416 Å². The van der Waals surface area contributed by atoms with Gasteiger partial charge in [0.05, 0.1) is 136 Å². The van der Waals surface area contributed by atoms with Crippen molar-refractivity contribution < 1.29 is 80.2 Å². The Morgan fingerprint density at radius 3 is 1.56 bits per heavy atom. The van der Waals surface area contributed by atoms with Crippen LogP contribution in [0.1, 0.15) is 68.7 Å². The number of fused-ring (bicyclic) bond motifs is 2. The lowest BCUT2D eigenvalue weighted by Crippen LogP contribution is -2.52. The summed E-state index contributed by atoms with van der Waals surface area (Å²) in [6, 6.07) is 13.2. The van der Waals surface area contributed by atoms with Crippen molar-refractivity contribution >= 4 is 18.2 Å². The zero-order valence-electron chi connectivity index (χ0n) is 43.1. The van der Waals surface area contributed by atoms with Crippen LogP contribution in [0.5, 0.6) is 57.5 Å². The topological polar surface area (TPSA) is 162 Å². The van der Waals surface area contributed by atoms with Gasteiger partial charge in [-0.25, -0.2) is 9.59 Å². The van der Waals surface area contributed by atoms with E-state index in [-0.39, 0.29) is 25.3 Å². The second-order valence-corrected chi connectivity index (χ2v) is 17.8. The molecule has 0 saturated heterocycles. The average molecular weight is 985 g/mol. The summed E-state index contributed by atoms with van der Waals surface area (Å²) >= 11 is 0. The molecule has 0 aromatic heterocycles. The summed E-state index contributed by atoms with van der Waals surface area (Å²) in [5, 5.41) is 0. The molecule has 382 valence electrons. The molecule has 4 aromatic rings. The first-order valence-electron chi connectivity index (χ1n) is 23.3. The van der Waals surface area contributed by atoms with Crippen molar-refractivity contribution in [3.05, 3.63) is 81.4 Å². The number of aldehydes is 1. The van der Waals surface area contributed by atoms with E-state index in [2.05, 4.69) is 25.9 Å². The lowest BCUT2D eigenvalue weighted by Gasteiger charge is -2.46. The first-order valence-corrected chi connectivity index (χ1v) is 23.3. The molecule has 71 heavy (non-hydrogen) atoms. The summed E-state index contributed by atoms with van der Waals surface area (Å²) < 4.78 is 69.3. The first kappa shape index (κ1) is 53.3. The predicted octanol–water partition coefficient (Wildman–Crippen LogP) is 6.53. The summed E-state index contributed by atoms with van der Waals surface area (Å²) in [7, 11) is 20.1. The average Bonchev–Trinajstić information content (AvgIpc) is 3.39. The third kappa shape index (κ3) is 11.3. The van der Waals surface area contributed by atoms with Crippen LogP contribution in [-0.4, -0.2) is 152 Å². The second-order valence-electron chi connectivity index (χ2n) is 17.8. The van der Waals surface area contributed by atoms with Gasteiger partial charge in [-0.05, 0) is 59.2 Å². The molecule has 4 atom stereocenters. The van der Waals surface area contributed by atoms with E-state index in [1.807, 2.05) is 42.5 Å². The van der Waals surface area contributed by atoms with Crippen LogP contribution < -0.4 is 47.4 Å². The number of hydrogen-bond donors (Lipinski definition) is 0. The highest BCUT2D eigenvalue weighted by Crippen LogP contribution is 2.51. The Hall–Kier alpha value is -7.03. The summed E-state index contributed by atoms with van der Waals surface area (Å²) in [5.41, 5.74) is 6.34. The number of carbonyl (C=O) groups excluding carboxylic acids is 3. The molecule has 0 saturated carbocycles. The largest absolute Gasteiger partial charge is 0.493 e. The maximum absolute atomic E-state index is 12.9. The summed E-state index contributed by atoms with van der Waals surface area (Å²) in [5.74, 6) is 8.20. The minimum Gasteiger partial charge on any atom is -0.493 e. The van der Waals surface area contributed by atoms with Crippen molar-refractivity contribution in [2.45, 2.75) is 44.2 Å². The van der Waals surface area contributed by atoms with Gasteiger partial charge in [-0.15, -0.1) is 0 Å². The Morgan fingerprint density at radius 1 is 0.549 bits per heavy atom. The molecule has 0 radical (unpaired) electrons. The molecule has 0 bridgehead atoms. The number of rotatable bonds is 22. The van der Waals surface area contributed by atoms with Crippen LogP contribution in [0.25, 0.3) is 0 Å². The van der Waals surface area contributed by atoms with E-state index in [1.54, 1.807) is 56.9 Å². The van der Waals surface area contributed by atoms with E-state index >= 15 is 0 Å². The number of esters is 2. The molecule has 2 aliphatic heterocycles. The predicted molar refractivity (Wildman–Crippen MR) is 263 cm³/mol. The zero-order valence-corrected chi connectivity index (χ0v) is 43.1. The maximum Gasteiger partial charge on any atom is 0.384 e. The molecule has 0 amide bonds. The van der Waals surface area contributed by atoms with Gasteiger partial charge in [0.2, 0.25) is 11.5 Å². The molecular formula is C54H68N2O15+2. The Bertz CT molecular complexity index is 2610. The lowest BCUT2D eigenvalue weighted by molar-refractivity contribution is -0.941. The lowest BCUT2D eigenvalue weighted by atomic mass is 9.85. The van der Waals surface area contributed by atoms with Crippen LogP contribution >= 0.6 is 0 Å². The summed E-state index contributed by atoms with van der Waals surface area (Å²) in [6.45, 7) is 2.87. The number of benzene rings is 4. The highest BCUT2D eigenvalue weighted by molar-refractivity contribution is 5.98. The molecule has 6 rings (SSSR count). The van der Waals surface area contributed by atoms with Crippen molar-refractivity contribution in [1.82, 2.24) is 0 Å². The number of ether oxygens (including phenoxy) is 12. The molecule has 0 aliphatic carbocycles. The number of quaternary nitrogens is 2. The van der Waals surface area contributed by atoms with Gasteiger partial charge in [0, 0.05) is 55.1 Å². The minimum absolute atomic E-state index is 0.0633. The fraction of sp³-hybridized carbons (Fsp3) is 0.463. The van der Waals surface area contributed by atoms with E-state index in [4.69, 9.17) is 56.8 Å². The van der Waals surface area contributed by atoms with Gasteiger partial charge in [0.25, 0.3) is 0 Å². The van der Waals surface area contributed by atoms with Gasteiger partial charge in [-0.3, -0.25) is 4.79 Å². The fourth-order valence-corrected chi connectivity index (χ4v) is 10.4. The highest BCUT2D eigenvalue weighted by atomic mass is 16.6. The Morgan fingerprint density at radius 2 is 1.03 bits per heavy atom. The van der Waals surface area contributed by atoms with Crippen LogP contribution in [0.4, 0.5) is 0 Å². The van der Waals surface area contributed by atoms with Gasteiger partial charge in [0.15, 0.2) is 52.3 Å². The molecular weight excluding hydrogens is 917 g/mol. The van der Waals surface area contributed by atoms with E-state index in [9.17, 15) is 14.4 Å². The molecule has 17 nitrogen and oxygen atoms in total. The standard InChI is InChI=1S/C54H68N2O15/c1-55(21-18-36-30-46(65-8)53(68-11)54(69-12)49(36)40(55)25-34-26-43(62-5)52(67-10)44(27-34)63-6)19-13-23-70-47(58)15-16-48(59)71-24-14-20-56(2)22-17-35-29-41(60-3)42(61-4)32-39(35)50(56)37-28-38(33-57)51(66-9)45(31-37)64-7/h26-33,40,50H,13-14,17-25H2,1-12H3/q+2. The van der Waals surface area contributed by atoms with E-state index < -0.39 is 11.9 Å². The van der Waals surface area contributed by atoms with E-state index in [0.29, 0.717) is 104 Å². The van der Waals surface area contributed by atoms with Crippen LogP contribution in [0.3, 0.4) is 0 Å². The first-order chi connectivity index (χ1) is 34.2. The van der Waals surface area contributed by atoms with Crippen LogP contribution in [0.15, 0.2) is 42.5 Å². The van der Waals surface area contributed by atoms with Crippen LogP contribution in [0, 0.1) is 11.8 Å². The SMILES string of the molecule is COc1cc2c(cc1OC)C(c1cc(C=O)c(OC)c(OC)c1)[N+](C)(CCCOC(=O)C#CC(=O)OCCC[N+]1(C)CCc3cc(OC)c(OC)c(OC)c3C1Cc1cc(OC)c(OC)c(OC)c1)CC2. The molecule has 2 aliphatic rings. The molecule has 0 N–H and O–H groups in total. The third-order valence-electron chi connectivity index (χ3n) is 13.9. The molecule has 17 heteroatoms. The monoisotopic (exact) mass is 984 g/mol. The number of carbonyl (C=O) groups is 3. The van der Waals surface area contributed by atoms with Crippen molar-refractivity contribution in [1.29, 1.82) is 0 Å². The normalized spacial score (nSPS) is 18.8. The van der Waals surface area contributed by atoms with Gasteiger partial charge in [-0.1, -0.05) is 0 Å². The highest BCUT2D eigenvalue weighted by Gasteiger charge is 2.44. The van der Waals surface area contributed by atoms with Gasteiger partial charge in [-0.2, -0.15) is 0 Å². The van der Waals surface area contributed by atoms with Gasteiger partial charge >= 0.3 is 11.9 Å². The van der Waals surface area contributed by atoms with Gasteiger partial charge in [0.1, 0.15) is 12.1 Å². The number of nitrogens with zero attached hydrogens (tertiary/aromatic N) is 2. The Balaban J connectivity index is 1.11. The smallest absolute Gasteiger partial charge is 0.384 e. The van der Waals surface area contributed by atoms with Crippen molar-refractivity contribution in [2.24, 2.45) is 0 Å². The minimum atomic E-state index is -0.835. The maximum atomic E-state index is 12.9. The molecule has 2 heterocycles. The van der Waals surface area contributed by atoms with E-state index in [1.165, 1.54) is 14.2 Å². The summed E-state index contributed by atoms with van der Waals surface area (Å²) in [6.07, 6.45) is 3.79. The van der Waals surface area contributed by atoms with Crippen molar-refractivity contribution in [2.75, 3.05) is 125 Å². The quantitative estimate of drug-likeness (QED) is 0.0209. The Kier molecular flexibility index (Phi) is 17.8. The zero-order chi connectivity index (χ0) is 51.5. The molecule has 4 aromatic carbocycles. The van der Waals surface area contributed by atoms with E-state index in [0.717, 1.165) is 65.6 Å². The second kappa shape index (κ2) is 23.7. The molecule has 0 fully saturated rings. The number of likely N-dealkylation sites (N-methyl/N-ethyl adjacent to an activating group) is 2. The van der Waals surface area contributed by atoms with Crippen LogP contribution in [-0.2, 0) is 38.3 Å². The fourth-order valence-electron chi connectivity index (χ4n) is 10.4. The van der Waals surface area contributed by atoms with Crippen molar-refractivity contribution in [3.63, 3.8) is 0 Å². The van der Waals surface area contributed by atoms with Gasteiger partial charge < -0.3 is 65.8 Å². The number of hydrogen-bond acceptors (Lipinski definition) is 15. The van der Waals surface area contributed by atoms with Crippen LogP contribution in [0.2, 0.25) is 0 Å². The number of methoxy groups -OCH3 is 10. The summed E-state index contributed by atoms with van der Waals surface area (Å²) in [4.78, 5) is 38.0. The third-order valence-corrected chi connectivity index (χ3v) is 13.9. The van der Waals surface area contributed by atoms with Crippen molar-refractivity contribution in [3.8, 4) is 69.3 Å². The molecule has 0 spiro atoms. The molecule has 4 unspecified atom stereocenters.